The molecule has 0 radical (unpaired) electrons. The van der Waals surface area contributed by atoms with Crippen molar-refractivity contribution in [2.24, 2.45) is 5.10 Å². The Bertz CT molecular complexity index is 648. The first kappa shape index (κ1) is 16.1. The van der Waals surface area contributed by atoms with Gasteiger partial charge in [-0.25, -0.2) is 5.43 Å². The van der Waals surface area contributed by atoms with Crippen LogP contribution in [0.15, 0.2) is 47.7 Å². The number of carbonyl (C=O) groups is 1. The molecule has 5 nitrogen and oxygen atoms in total. The molecule has 0 saturated carbocycles. The van der Waals surface area contributed by atoms with E-state index in [1.54, 1.807) is 30.6 Å². The van der Waals surface area contributed by atoms with Gasteiger partial charge in [0.2, 0.25) is 4.80 Å². The Kier molecular flexibility index (Phi) is 6.14. The molecular weight excluding hydrogens is 296 g/mol. The van der Waals surface area contributed by atoms with Crippen molar-refractivity contribution in [3.8, 4) is 0 Å². The number of pyridine rings is 1. The van der Waals surface area contributed by atoms with Gasteiger partial charge in [-0.15, -0.1) is 35.4 Å². The zero-order chi connectivity index (χ0) is 13.7. The van der Waals surface area contributed by atoms with E-state index in [1.807, 2.05) is 16.9 Å². The quantitative estimate of drug-likeness (QED) is 0.694. The molecule has 2 heterocycles. The Morgan fingerprint density at radius 2 is 2.25 bits per heavy atom. The minimum absolute atomic E-state index is 0. The van der Waals surface area contributed by atoms with Crippen molar-refractivity contribution in [2.45, 2.75) is 13.5 Å². The summed E-state index contributed by atoms with van der Waals surface area (Å²) in [6, 6.07) is 3.28. The molecule has 0 spiro atoms. The standard InChI is InChI=1S/C13H14N4OS.ClH/c1-3-8-17-10(2)9-19-13(17)16-15-12(18)11-4-6-14-7-5-11;/h3-7,9H,1,8H2,2H3,(H,15,18);1H/b16-13+;. The van der Waals surface area contributed by atoms with Gasteiger partial charge in [0.15, 0.2) is 0 Å². The minimum Gasteiger partial charge on any atom is -0.316 e. The summed E-state index contributed by atoms with van der Waals surface area (Å²) in [6.45, 7) is 6.36. The van der Waals surface area contributed by atoms with Crippen molar-refractivity contribution >= 4 is 29.7 Å². The maximum absolute atomic E-state index is 11.8. The summed E-state index contributed by atoms with van der Waals surface area (Å²) in [5.74, 6) is -0.251. The third kappa shape index (κ3) is 3.79. The number of halogens is 1. The van der Waals surface area contributed by atoms with Crippen LogP contribution in [-0.2, 0) is 6.54 Å². The fourth-order valence-corrected chi connectivity index (χ4v) is 2.37. The van der Waals surface area contributed by atoms with Crippen LogP contribution in [0.2, 0.25) is 0 Å². The van der Waals surface area contributed by atoms with Crippen molar-refractivity contribution in [1.82, 2.24) is 15.0 Å². The number of hydrogen-bond donors (Lipinski definition) is 1. The highest BCUT2D eigenvalue weighted by molar-refractivity contribution is 7.07. The second-order valence-corrected chi connectivity index (χ2v) is 4.68. The number of rotatable bonds is 4. The van der Waals surface area contributed by atoms with Gasteiger partial charge in [-0.3, -0.25) is 9.78 Å². The van der Waals surface area contributed by atoms with Crippen molar-refractivity contribution < 1.29 is 4.79 Å². The van der Waals surface area contributed by atoms with E-state index >= 15 is 0 Å². The first-order valence-electron chi connectivity index (χ1n) is 5.72. The highest BCUT2D eigenvalue weighted by Crippen LogP contribution is 2.00. The summed E-state index contributed by atoms with van der Waals surface area (Å²) in [4.78, 5) is 16.4. The Morgan fingerprint density at radius 3 is 2.90 bits per heavy atom. The van der Waals surface area contributed by atoms with Gasteiger partial charge in [-0.2, -0.15) is 0 Å². The number of hydrogen-bond acceptors (Lipinski definition) is 4. The Hall–Kier alpha value is -1.92. The molecule has 2 aromatic rings. The summed E-state index contributed by atoms with van der Waals surface area (Å²) in [6.07, 6.45) is 4.94. The van der Waals surface area contributed by atoms with Gasteiger partial charge < -0.3 is 4.57 Å². The molecular formula is C13H15ClN4OS. The van der Waals surface area contributed by atoms with Crippen LogP contribution < -0.4 is 10.2 Å². The predicted molar refractivity (Wildman–Crippen MR) is 81.8 cm³/mol. The van der Waals surface area contributed by atoms with Crippen LogP contribution in [0.1, 0.15) is 16.1 Å². The van der Waals surface area contributed by atoms with Crippen LogP contribution in [-0.4, -0.2) is 15.5 Å². The topological polar surface area (TPSA) is 59.3 Å². The van der Waals surface area contributed by atoms with E-state index in [9.17, 15) is 4.79 Å². The summed E-state index contributed by atoms with van der Waals surface area (Å²) in [5, 5.41) is 6.12. The highest BCUT2D eigenvalue weighted by atomic mass is 35.5. The lowest BCUT2D eigenvalue weighted by atomic mass is 10.3. The van der Waals surface area contributed by atoms with Gasteiger partial charge in [-0.1, -0.05) is 6.08 Å². The van der Waals surface area contributed by atoms with Crippen LogP contribution in [0.25, 0.3) is 0 Å². The third-order valence-electron chi connectivity index (χ3n) is 2.50. The molecule has 0 bridgehead atoms. The SMILES string of the molecule is C=CCn1c(C)cs/c1=N/NC(=O)c1ccncc1.Cl. The molecule has 7 heteroatoms. The summed E-state index contributed by atoms with van der Waals surface area (Å²) < 4.78 is 1.98. The van der Waals surface area contributed by atoms with Crippen LogP contribution in [0, 0.1) is 6.92 Å². The lowest BCUT2D eigenvalue weighted by Gasteiger charge is -2.01. The lowest BCUT2D eigenvalue weighted by Crippen LogP contribution is -2.24. The predicted octanol–water partition coefficient (Wildman–Crippen LogP) is 2.11. The zero-order valence-corrected chi connectivity index (χ0v) is 12.6. The van der Waals surface area contributed by atoms with Crippen molar-refractivity contribution in [3.05, 3.63) is 58.6 Å². The van der Waals surface area contributed by atoms with Gasteiger partial charge in [0.1, 0.15) is 0 Å². The molecule has 106 valence electrons. The van der Waals surface area contributed by atoms with E-state index in [4.69, 9.17) is 0 Å². The van der Waals surface area contributed by atoms with Gasteiger partial charge in [0.25, 0.3) is 5.91 Å². The average molecular weight is 311 g/mol. The molecule has 0 aliphatic rings. The molecule has 0 aliphatic heterocycles. The summed E-state index contributed by atoms with van der Waals surface area (Å²) >= 11 is 1.47. The number of nitrogens with zero attached hydrogens (tertiary/aromatic N) is 3. The fraction of sp³-hybridized carbons (Fsp3) is 0.154. The Morgan fingerprint density at radius 1 is 1.55 bits per heavy atom. The van der Waals surface area contributed by atoms with E-state index in [1.165, 1.54) is 11.3 Å². The lowest BCUT2D eigenvalue weighted by molar-refractivity contribution is 0.0953. The van der Waals surface area contributed by atoms with Crippen LogP contribution in [0.5, 0.6) is 0 Å². The molecule has 0 aromatic carbocycles. The second kappa shape index (κ2) is 7.62. The third-order valence-corrected chi connectivity index (χ3v) is 3.48. The smallest absolute Gasteiger partial charge is 0.271 e. The summed E-state index contributed by atoms with van der Waals surface area (Å²) in [7, 11) is 0. The monoisotopic (exact) mass is 310 g/mol. The highest BCUT2D eigenvalue weighted by Gasteiger charge is 2.04. The molecule has 1 amide bonds. The zero-order valence-electron chi connectivity index (χ0n) is 10.9. The second-order valence-electron chi connectivity index (χ2n) is 3.85. The van der Waals surface area contributed by atoms with Crippen LogP contribution in [0.3, 0.4) is 0 Å². The average Bonchev–Trinajstić information content (AvgIpc) is 2.79. The van der Waals surface area contributed by atoms with Gasteiger partial charge >= 0.3 is 0 Å². The molecule has 2 rings (SSSR count). The Labute approximate surface area is 127 Å². The molecule has 2 aromatic heterocycles. The number of carbonyl (C=O) groups excluding carboxylic acids is 1. The molecule has 0 fully saturated rings. The van der Waals surface area contributed by atoms with E-state index in [2.05, 4.69) is 22.1 Å². The maximum Gasteiger partial charge on any atom is 0.271 e. The van der Waals surface area contributed by atoms with E-state index in [-0.39, 0.29) is 18.3 Å². The van der Waals surface area contributed by atoms with E-state index in [0.29, 0.717) is 12.1 Å². The summed E-state index contributed by atoms with van der Waals surface area (Å²) in [5.41, 5.74) is 4.16. The van der Waals surface area contributed by atoms with Gasteiger partial charge in [0, 0.05) is 35.6 Å². The largest absolute Gasteiger partial charge is 0.316 e. The first-order valence-corrected chi connectivity index (χ1v) is 6.60. The van der Waals surface area contributed by atoms with Gasteiger partial charge in [0.05, 0.1) is 0 Å². The van der Waals surface area contributed by atoms with Crippen molar-refractivity contribution in [2.75, 3.05) is 0 Å². The van der Waals surface area contributed by atoms with Crippen LogP contribution in [0.4, 0.5) is 0 Å². The number of amides is 1. The number of aryl methyl sites for hydroxylation is 1. The molecule has 20 heavy (non-hydrogen) atoms. The fourth-order valence-electron chi connectivity index (χ4n) is 1.52. The normalized spacial score (nSPS) is 10.8. The molecule has 1 N–H and O–H groups in total. The number of nitrogens with one attached hydrogen (secondary N) is 1. The molecule has 0 unspecified atom stereocenters. The van der Waals surface area contributed by atoms with Gasteiger partial charge in [-0.05, 0) is 19.1 Å². The molecule has 0 saturated heterocycles. The molecule has 0 atom stereocenters. The Balaban J connectivity index is 0.00000200. The maximum atomic E-state index is 11.8. The van der Waals surface area contributed by atoms with Crippen LogP contribution >= 0.6 is 23.7 Å². The van der Waals surface area contributed by atoms with E-state index in [0.717, 1.165) is 10.5 Å². The van der Waals surface area contributed by atoms with Crippen molar-refractivity contribution in [3.63, 3.8) is 0 Å². The van der Waals surface area contributed by atoms with Crippen molar-refractivity contribution in [1.29, 1.82) is 0 Å². The number of thiazole rings is 1. The first-order chi connectivity index (χ1) is 9.22. The minimum atomic E-state index is -0.251. The van der Waals surface area contributed by atoms with E-state index < -0.39 is 0 Å². The molecule has 0 aliphatic carbocycles. The number of aromatic nitrogens is 2. The number of allylic oxidation sites excluding steroid dienone is 1.